The number of hydrogen-bond donors (Lipinski definition) is 0. The van der Waals surface area contributed by atoms with E-state index in [1.807, 2.05) is 0 Å². The Morgan fingerprint density at radius 3 is 1.83 bits per heavy atom. The van der Waals surface area contributed by atoms with Crippen LogP contribution in [0.1, 0.15) is 110 Å². The van der Waals surface area contributed by atoms with Crippen LogP contribution in [0, 0.1) is 5.92 Å². The van der Waals surface area contributed by atoms with E-state index >= 15 is 0 Å². The fourth-order valence-electron chi connectivity index (χ4n) is 3.51. The Kier molecular flexibility index (Phi) is 12.4. The van der Waals surface area contributed by atoms with Gasteiger partial charge in [0.05, 0.1) is 0 Å². The van der Waals surface area contributed by atoms with E-state index < -0.39 is 0 Å². The van der Waals surface area contributed by atoms with Crippen molar-refractivity contribution >= 4 is 5.91 Å². The maximum Gasteiger partial charge on any atom is 0.222 e. The fourth-order valence-corrected chi connectivity index (χ4v) is 3.51. The van der Waals surface area contributed by atoms with Gasteiger partial charge in [0, 0.05) is 19.5 Å². The number of likely N-dealkylation sites (tertiary alicyclic amines) is 1. The predicted molar refractivity (Wildman–Crippen MR) is 101 cm³/mol. The molecule has 1 aliphatic heterocycles. The van der Waals surface area contributed by atoms with Crippen molar-refractivity contribution in [2.75, 3.05) is 13.1 Å². The Balaban J connectivity index is 1.75. The lowest BCUT2D eigenvalue weighted by Crippen LogP contribution is -2.27. The first kappa shape index (κ1) is 20.5. The Morgan fingerprint density at radius 1 is 0.826 bits per heavy atom. The summed E-state index contributed by atoms with van der Waals surface area (Å²) in [4.78, 5) is 13.9. The van der Waals surface area contributed by atoms with Gasteiger partial charge in [0.2, 0.25) is 5.91 Å². The molecule has 0 unspecified atom stereocenters. The molecule has 0 aromatic heterocycles. The molecule has 2 heteroatoms. The van der Waals surface area contributed by atoms with Crippen molar-refractivity contribution < 1.29 is 4.79 Å². The highest BCUT2D eigenvalue weighted by atomic mass is 16.2. The van der Waals surface area contributed by atoms with Crippen LogP contribution >= 0.6 is 0 Å². The van der Waals surface area contributed by atoms with Crippen molar-refractivity contribution in [3.63, 3.8) is 0 Å². The monoisotopic (exact) mass is 323 g/mol. The smallest absolute Gasteiger partial charge is 0.222 e. The van der Waals surface area contributed by atoms with E-state index in [4.69, 9.17) is 0 Å². The van der Waals surface area contributed by atoms with Gasteiger partial charge in [0.25, 0.3) is 0 Å². The Labute approximate surface area is 145 Å². The summed E-state index contributed by atoms with van der Waals surface area (Å²) in [6, 6.07) is 0. The second-order valence-corrected chi connectivity index (χ2v) is 7.68. The number of rotatable bonds is 14. The largest absolute Gasteiger partial charge is 0.343 e. The molecular weight excluding hydrogens is 282 g/mol. The molecule has 136 valence electrons. The molecule has 0 spiro atoms. The van der Waals surface area contributed by atoms with E-state index in [9.17, 15) is 4.79 Å². The second kappa shape index (κ2) is 13.9. The molecule has 1 rings (SSSR count). The van der Waals surface area contributed by atoms with E-state index in [0.717, 1.165) is 31.8 Å². The van der Waals surface area contributed by atoms with Crippen molar-refractivity contribution in [2.24, 2.45) is 5.92 Å². The Bertz CT molecular complexity index is 284. The molecule has 1 amide bonds. The minimum absolute atomic E-state index is 0.403. The van der Waals surface area contributed by atoms with Crippen molar-refractivity contribution in [1.82, 2.24) is 4.90 Å². The normalized spacial score (nSPS) is 16.0. The van der Waals surface area contributed by atoms with Gasteiger partial charge in [-0.3, -0.25) is 4.79 Å². The van der Waals surface area contributed by atoms with Crippen LogP contribution in [0.3, 0.4) is 0 Å². The minimum Gasteiger partial charge on any atom is -0.343 e. The van der Waals surface area contributed by atoms with Gasteiger partial charge in [-0.2, -0.15) is 0 Å². The van der Waals surface area contributed by atoms with Crippen LogP contribution in [0.5, 0.6) is 0 Å². The quantitative estimate of drug-likeness (QED) is 0.342. The molecule has 1 heterocycles. The molecule has 0 N–H and O–H groups in total. The van der Waals surface area contributed by atoms with Crippen LogP contribution in [0.2, 0.25) is 0 Å². The summed E-state index contributed by atoms with van der Waals surface area (Å²) in [5, 5.41) is 0. The minimum atomic E-state index is 0.403. The number of carbonyl (C=O) groups excluding carboxylic acids is 1. The summed E-state index contributed by atoms with van der Waals surface area (Å²) < 4.78 is 0. The summed E-state index contributed by atoms with van der Waals surface area (Å²) in [7, 11) is 0. The third-order valence-corrected chi connectivity index (χ3v) is 5.49. The maximum absolute atomic E-state index is 11.9. The van der Waals surface area contributed by atoms with Gasteiger partial charge in [0.1, 0.15) is 0 Å². The van der Waals surface area contributed by atoms with E-state index in [1.165, 1.54) is 83.5 Å². The van der Waals surface area contributed by atoms with Gasteiger partial charge in [-0.25, -0.2) is 0 Å². The molecule has 0 saturated carbocycles. The van der Waals surface area contributed by atoms with Crippen molar-refractivity contribution in [2.45, 2.75) is 110 Å². The third kappa shape index (κ3) is 10.8. The van der Waals surface area contributed by atoms with Crippen LogP contribution in [-0.4, -0.2) is 23.9 Å². The zero-order valence-electron chi connectivity index (χ0n) is 16.0. The SMILES string of the molecule is CC[C@H](C)CCCCCCCCCCCCC(=O)N1CCCC1. The van der Waals surface area contributed by atoms with Crippen LogP contribution < -0.4 is 0 Å². The van der Waals surface area contributed by atoms with Crippen LogP contribution in [0.4, 0.5) is 0 Å². The number of hydrogen-bond acceptors (Lipinski definition) is 1. The number of nitrogens with zero attached hydrogens (tertiary/aromatic N) is 1. The summed E-state index contributed by atoms with van der Waals surface area (Å²) in [5.74, 6) is 1.33. The van der Waals surface area contributed by atoms with Crippen LogP contribution in [-0.2, 0) is 4.79 Å². The molecule has 23 heavy (non-hydrogen) atoms. The molecular formula is C21H41NO. The van der Waals surface area contributed by atoms with Gasteiger partial charge < -0.3 is 4.90 Å². The number of carbonyl (C=O) groups is 1. The fraction of sp³-hybridized carbons (Fsp3) is 0.952. The molecule has 1 aliphatic rings. The average molecular weight is 324 g/mol. The van der Waals surface area contributed by atoms with E-state index in [0.29, 0.717) is 5.91 Å². The molecule has 0 bridgehead atoms. The molecule has 1 fully saturated rings. The lowest BCUT2D eigenvalue weighted by molar-refractivity contribution is -0.130. The van der Waals surface area contributed by atoms with E-state index in [-0.39, 0.29) is 0 Å². The second-order valence-electron chi connectivity index (χ2n) is 7.68. The zero-order chi connectivity index (χ0) is 16.8. The third-order valence-electron chi connectivity index (χ3n) is 5.49. The van der Waals surface area contributed by atoms with Gasteiger partial charge in [-0.05, 0) is 25.2 Å². The van der Waals surface area contributed by atoms with Gasteiger partial charge in [0.15, 0.2) is 0 Å². The van der Waals surface area contributed by atoms with Gasteiger partial charge >= 0.3 is 0 Å². The lowest BCUT2D eigenvalue weighted by Gasteiger charge is -2.14. The van der Waals surface area contributed by atoms with Crippen molar-refractivity contribution in [1.29, 1.82) is 0 Å². The number of amides is 1. The van der Waals surface area contributed by atoms with Gasteiger partial charge in [-0.15, -0.1) is 0 Å². The topological polar surface area (TPSA) is 20.3 Å². The molecule has 0 aromatic carbocycles. The molecule has 2 nitrogen and oxygen atoms in total. The van der Waals surface area contributed by atoms with Crippen molar-refractivity contribution in [3.05, 3.63) is 0 Å². The molecule has 0 aromatic rings. The Hall–Kier alpha value is -0.530. The highest BCUT2D eigenvalue weighted by Crippen LogP contribution is 2.16. The molecule has 1 saturated heterocycles. The van der Waals surface area contributed by atoms with Crippen molar-refractivity contribution in [3.8, 4) is 0 Å². The number of unbranched alkanes of at least 4 members (excludes halogenated alkanes) is 9. The molecule has 1 atom stereocenters. The first-order chi connectivity index (χ1) is 11.2. The predicted octanol–water partition coefficient (Wildman–Crippen LogP) is 6.34. The summed E-state index contributed by atoms with van der Waals surface area (Å²) in [6.07, 6.45) is 19.5. The lowest BCUT2D eigenvalue weighted by atomic mass is 9.99. The highest BCUT2D eigenvalue weighted by Gasteiger charge is 2.16. The molecule has 0 radical (unpaired) electrons. The summed E-state index contributed by atoms with van der Waals surface area (Å²) in [5.41, 5.74) is 0. The zero-order valence-corrected chi connectivity index (χ0v) is 16.0. The Morgan fingerprint density at radius 2 is 1.30 bits per heavy atom. The standard InChI is InChI=1S/C21H41NO/c1-3-20(2)16-12-10-8-6-4-5-7-9-11-13-17-21(23)22-18-14-15-19-22/h20H,3-19H2,1-2H3/t20-/m0/s1. The summed E-state index contributed by atoms with van der Waals surface area (Å²) >= 11 is 0. The van der Waals surface area contributed by atoms with Gasteiger partial charge in [-0.1, -0.05) is 84.5 Å². The van der Waals surface area contributed by atoms with E-state index in [2.05, 4.69) is 18.7 Å². The first-order valence-corrected chi connectivity index (χ1v) is 10.5. The average Bonchev–Trinajstić information content (AvgIpc) is 3.10. The first-order valence-electron chi connectivity index (χ1n) is 10.5. The van der Waals surface area contributed by atoms with E-state index in [1.54, 1.807) is 0 Å². The maximum atomic E-state index is 11.9. The van der Waals surface area contributed by atoms with Crippen LogP contribution in [0.15, 0.2) is 0 Å². The summed E-state index contributed by atoms with van der Waals surface area (Å²) in [6.45, 7) is 6.69. The molecule has 0 aliphatic carbocycles. The highest BCUT2D eigenvalue weighted by molar-refractivity contribution is 5.76. The van der Waals surface area contributed by atoms with Crippen LogP contribution in [0.25, 0.3) is 0 Å².